The van der Waals surface area contributed by atoms with Crippen LogP contribution in [0.2, 0.25) is 0 Å². The zero-order valence-corrected chi connectivity index (χ0v) is 25.3. The van der Waals surface area contributed by atoms with Crippen LogP contribution in [0.4, 0.5) is 13.2 Å². The summed E-state index contributed by atoms with van der Waals surface area (Å²) in [7, 11) is 0. The summed E-state index contributed by atoms with van der Waals surface area (Å²) in [5.74, 6) is 2.86. The van der Waals surface area contributed by atoms with Gasteiger partial charge < -0.3 is 4.74 Å². The quantitative estimate of drug-likeness (QED) is 0.262. The van der Waals surface area contributed by atoms with E-state index in [9.17, 15) is 4.39 Å². The molecule has 5 rings (SSSR count). The molecular formula is C37H48F3NO. The van der Waals surface area contributed by atoms with Crippen molar-refractivity contribution in [3.05, 3.63) is 53.8 Å². The van der Waals surface area contributed by atoms with Crippen LogP contribution in [-0.4, -0.2) is 6.11 Å². The molecule has 0 saturated heterocycles. The Bertz CT molecular complexity index is 1160. The normalized spacial score (nSPS) is 28.6. The Balaban J connectivity index is 1.05. The van der Waals surface area contributed by atoms with Crippen molar-refractivity contribution in [2.45, 2.75) is 116 Å². The average Bonchev–Trinajstić information content (AvgIpc) is 3.02. The van der Waals surface area contributed by atoms with Crippen LogP contribution in [0.3, 0.4) is 0 Å². The van der Waals surface area contributed by atoms with E-state index < -0.39 is 17.8 Å². The summed E-state index contributed by atoms with van der Waals surface area (Å²) in [5.41, 5.74) is 1.24. The number of ether oxygens (including phenoxy) is 1. The van der Waals surface area contributed by atoms with Crippen LogP contribution < -0.4 is 4.74 Å². The third-order valence-electron chi connectivity index (χ3n) is 11.0. The van der Waals surface area contributed by atoms with E-state index in [4.69, 9.17) is 10.00 Å². The van der Waals surface area contributed by atoms with Crippen LogP contribution >= 0.6 is 0 Å². The summed E-state index contributed by atoms with van der Waals surface area (Å²) in [6, 6.07) is 12.5. The average molecular weight is 580 g/mol. The largest absolute Gasteiger partial charge is 0.432 e. The summed E-state index contributed by atoms with van der Waals surface area (Å²) in [5, 5.41) is 8.92. The third kappa shape index (κ3) is 7.72. The number of unbranched alkanes of at least 4 members (excludes halogenated alkanes) is 2. The third-order valence-corrected chi connectivity index (χ3v) is 11.0. The van der Waals surface area contributed by atoms with E-state index in [1.165, 1.54) is 101 Å². The van der Waals surface area contributed by atoms with Gasteiger partial charge in [0, 0.05) is 0 Å². The zero-order chi connectivity index (χ0) is 29.5. The molecule has 5 heteroatoms. The van der Waals surface area contributed by atoms with Gasteiger partial charge >= 0.3 is 6.11 Å². The Morgan fingerprint density at radius 3 is 1.79 bits per heavy atom. The molecule has 0 amide bonds. The second-order valence-electron chi connectivity index (χ2n) is 13.6. The van der Waals surface area contributed by atoms with Gasteiger partial charge in [0.2, 0.25) is 0 Å². The minimum Gasteiger partial charge on any atom is -0.432 e. The van der Waals surface area contributed by atoms with Crippen molar-refractivity contribution in [1.29, 1.82) is 5.26 Å². The molecule has 0 bridgehead atoms. The van der Waals surface area contributed by atoms with Gasteiger partial charge in [-0.25, -0.2) is 4.39 Å². The highest BCUT2D eigenvalue weighted by Gasteiger charge is 2.45. The lowest BCUT2D eigenvalue weighted by molar-refractivity contribution is -0.224. The number of alkyl halides is 2. The summed E-state index contributed by atoms with van der Waals surface area (Å²) in [4.78, 5) is 0. The molecule has 0 radical (unpaired) electrons. The van der Waals surface area contributed by atoms with Crippen LogP contribution in [0.25, 0.3) is 11.1 Å². The fraction of sp³-hybridized carbons (Fsp3) is 0.649. The number of rotatable bonds is 10. The lowest BCUT2D eigenvalue weighted by Crippen LogP contribution is -2.38. The van der Waals surface area contributed by atoms with Crippen LogP contribution in [0, 0.1) is 52.7 Å². The van der Waals surface area contributed by atoms with Gasteiger partial charge in [-0.1, -0.05) is 63.6 Å². The van der Waals surface area contributed by atoms with Crippen molar-refractivity contribution in [1.82, 2.24) is 0 Å². The first kappa shape index (κ1) is 31.0. The number of hydrogen-bond acceptors (Lipinski definition) is 2. The highest BCUT2D eigenvalue weighted by molar-refractivity contribution is 5.65. The molecule has 3 aliphatic rings. The molecule has 3 fully saturated rings. The summed E-state index contributed by atoms with van der Waals surface area (Å²) in [6.07, 6.45) is 16.2. The molecule has 2 nitrogen and oxygen atoms in total. The van der Waals surface area contributed by atoms with Crippen molar-refractivity contribution in [3.8, 4) is 22.9 Å². The predicted molar refractivity (Wildman–Crippen MR) is 163 cm³/mol. The molecule has 3 aliphatic carbocycles. The van der Waals surface area contributed by atoms with Crippen molar-refractivity contribution < 1.29 is 17.9 Å². The Kier molecular flexibility index (Phi) is 10.6. The van der Waals surface area contributed by atoms with Crippen molar-refractivity contribution in [3.63, 3.8) is 0 Å². The molecule has 0 atom stereocenters. The summed E-state index contributed by atoms with van der Waals surface area (Å²) in [6.45, 7) is 2.29. The maximum atomic E-state index is 15.2. The first-order valence-electron chi connectivity index (χ1n) is 16.7. The molecule has 3 saturated carbocycles. The van der Waals surface area contributed by atoms with Gasteiger partial charge in [0.05, 0.1) is 11.5 Å². The highest BCUT2D eigenvalue weighted by Crippen LogP contribution is 2.48. The predicted octanol–water partition coefficient (Wildman–Crippen LogP) is 11.3. The van der Waals surface area contributed by atoms with Crippen LogP contribution in [-0.2, 0) is 0 Å². The SMILES string of the molecule is CCCCCC1CCC(C2CCC(C3CCC(C(F)(F)Oc4ccc(-c5ccc(C#N)c(F)c5)cc4)CC3)CC2)CC1. The molecular weight excluding hydrogens is 531 g/mol. The molecule has 0 spiro atoms. The molecule has 2 aromatic carbocycles. The Hall–Kier alpha value is -2.48. The molecule has 228 valence electrons. The van der Waals surface area contributed by atoms with Gasteiger partial charge in [0.15, 0.2) is 0 Å². The van der Waals surface area contributed by atoms with Gasteiger partial charge in [-0.2, -0.15) is 14.0 Å². The lowest BCUT2D eigenvalue weighted by atomic mass is 9.65. The second kappa shape index (κ2) is 14.3. The Morgan fingerprint density at radius 2 is 1.26 bits per heavy atom. The van der Waals surface area contributed by atoms with Gasteiger partial charge in [-0.15, -0.1) is 0 Å². The number of nitrogens with zero attached hydrogens (tertiary/aromatic N) is 1. The standard InChI is InChI=1S/C37H48F3NO/c1-2-3-4-5-26-6-8-27(9-7-26)28-10-12-29(13-11-28)30-16-20-34(21-17-30)37(39,40)42-35-22-18-31(19-23-35)32-14-15-33(25-41)36(38)24-32/h14-15,18-19,22-24,26-30,34H,2-13,16-17,20-21H2,1H3. The first-order valence-corrected chi connectivity index (χ1v) is 16.7. The van der Waals surface area contributed by atoms with Gasteiger partial charge in [0.25, 0.3) is 0 Å². The molecule has 0 unspecified atom stereocenters. The zero-order valence-electron chi connectivity index (χ0n) is 25.3. The van der Waals surface area contributed by atoms with Gasteiger partial charge in [0.1, 0.15) is 17.6 Å². The fourth-order valence-electron chi connectivity index (χ4n) is 8.39. The van der Waals surface area contributed by atoms with Crippen LogP contribution in [0.1, 0.15) is 115 Å². The van der Waals surface area contributed by atoms with E-state index >= 15 is 8.78 Å². The van der Waals surface area contributed by atoms with Crippen molar-refractivity contribution in [2.75, 3.05) is 0 Å². The molecule has 0 N–H and O–H groups in total. The number of hydrogen-bond donors (Lipinski definition) is 0. The minimum absolute atomic E-state index is 0.0220. The smallest absolute Gasteiger partial charge is 0.400 e. The molecule has 0 aromatic heterocycles. The molecule has 0 heterocycles. The molecule has 0 aliphatic heterocycles. The van der Waals surface area contributed by atoms with E-state index in [-0.39, 0.29) is 11.3 Å². The van der Waals surface area contributed by atoms with Crippen LogP contribution in [0.5, 0.6) is 5.75 Å². The monoisotopic (exact) mass is 579 g/mol. The highest BCUT2D eigenvalue weighted by atomic mass is 19.3. The van der Waals surface area contributed by atoms with E-state index in [0.29, 0.717) is 35.8 Å². The Morgan fingerprint density at radius 1 is 0.738 bits per heavy atom. The summed E-state index contributed by atoms with van der Waals surface area (Å²) < 4.78 is 49.6. The number of halogens is 3. The molecule has 2 aromatic rings. The van der Waals surface area contributed by atoms with Gasteiger partial charge in [-0.3, -0.25) is 0 Å². The summed E-state index contributed by atoms with van der Waals surface area (Å²) >= 11 is 0. The second-order valence-corrected chi connectivity index (χ2v) is 13.6. The van der Waals surface area contributed by atoms with Crippen molar-refractivity contribution in [2.24, 2.45) is 35.5 Å². The number of nitriles is 1. The van der Waals surface area contributed by atoms with E-state index in [1.54, 1.807) is 24.3 Å². The first-order chi connectivity index (χ1) is 20.4. The van der Waals surface area contributed by atoms with E-state index in [1.807, 2.05) is 0 Å². The Labute approximate surface area is 251 Å². The lowest BCUT2D eigenvalue weighted by Gasteiger charge is -2.42. The minimum atomic E-state index is -3.21. The maximum Gasteiger partial charge on any atom is 0.400 e. The topological polar surface area (TPSA) is 33.0 Å². The van der Waals surface area contributed by atoms with Crippen molar-refractivity contribution >= 4 is 0 Å². The van der Waals surface area contributed by atoms with E-state index in [2.05, 4.69) is 6.92 Å². The number of benzene rings is 2. The molecule has 42 heavy (non-hydrogen) atoms. The fourth-order valence-corrected chi connectivity index (χ4v) is 8.39. The van der Waals surface area contributed by atoms with Gasteiger partial charge in [-0.05, 0) is 129 Å². The van der Waals surface area contributed by atoms with Crippen LogP contribution in [0.15, 0.2) is 42.5 Å². The van der Waals surface area contributed by atoms with E-state index in [0.717, 1.165) is 30.6 Å². The maximum absolute atomic E-state index is 15.2.